The Bertz CT molecular complexity index is 1050. The average molecular weight is 429 g/mol. The van der Waals surface area contributed by atoms with Crippen molar-refractivity contribution in [2.24, 2.45) is 0 Å². The minimum absolute atomic E-state index is 0.152. The molecule has 29 heavy (non-hydrogen) atoms. The van der Waals surface area contributed by atoms with Gasteiger partial charge in [-0.15, -0.1) is 11.3 Å². The van der Waals surface area contributed by atoms with E-state index >= 15 is 0 Å². The lowest BCUT2D eigenvalue weighted by Crippen LogP contribution is -2.22. The maximum Gasteiger partial charge on any atom is 0.175 e. The van der Waals surface area contributed by atoms with Crippen LogP contribution in [0.4, 0.5) is 0 Å². The highest BCUT2D eigenvalue weighted by molar-refractivity contribution is 7.90. The van der Waals surface area contributed by atoms with Crippen molar-refractivity contribution in [3.8, 4) is 10.6 Å². The quantitative estimate of drug-likeness (QED) is 0.496. The molecule has 3 rings (SSSR count). The molecule has 0 aliphatic rings. The molecule has 0 aliphatic carbocycles. The maximum atomic E-state index is 11.6. The first-order chi connectivity index (χ1) is 13.6. The minimum atomic E-state index is -3.17. The molecule has 0 bridgehead atoms. The van der Waals surface area contributed by atoms with Gasteiger partial charge in [-0.05, 0) is 43.1 Å². The summed E-state index contributed by atoms with van der Waals surface area (Å²) in [5, 5.41) is 3.15. The van der Waals surface area contributed by atoms with Gasteiger partial charge in [0.25, 0.3) is 0 Å². The zero-order valence-electron chi connectivity index (χ0n) is 17.6. The van der Waals surface area contributed by atoms with Crippen molar-refractivity contribution in [1.29, 1.82) is 0 Å². The summed E-state index contributed by atoms with van der Waals surface area (Å²) in [5.41, 5.74) is 4.61. The summed E-state index contributed by atoms with van der Waals surface area (Å²) in [5.74, 6) is 0.526. The van der Waals surface area contributed by atoms with Crippen LogP contribution in [0, 0.1) is 0 Å². The molecule has 154 valence electrons. The van der Waals surface area contributed by atoms with E-state index in [1.807, 2.05) is 12.1 Å². The van der Waals surface area contributed by atoms with E-state index < -0.39 is 9.84 Å². The molecule has 6 heteroatoms. The van der Waals surface area contributed by atoms with Crippen molar-refractivity contribution >= 4 is 21.2 Å². The lowest BCUT2D eigenvalue weighted by atomic mass is 10.0. The molecule has 3 aromatic rings. The number of rotatable bonds is 7. The second-order valence-electron chi connectivity index (χ2n) is 7.85. The zero-order chi connectivity index (χ0) is 21.2. The highest BCUT2D eigenvalue weighted by Crippen LogP contribution is 2.28. The van der Waals surface area contributed by atoms with Crippen molar-refractivity contribution in [3.05, 3.63) is 70.7 Å². The molecule has 0 saturated carbocycles. The molecule has 0 spiro atoms. The van der Waals surface area contributed by atoms with Crippen LogP contribution in [0.2, 0.25) is 0 Å². The summed E-state index contributed by atoms with van der Waals surface area (Å²) in [6.45, 7) is 7.24. The number of sulfone groups is 1. The molecular formula is C23H28N2O2S2. The SMILES string of the molecule is CC(C)c1ccc(-c2nc(CN(C)C(C)c3ccc(S(C)(=O)=O)cc3)cs2)cc1. The Morgan fingerprint density at radius 1 is 0.966 bits per heavy atom. The molecule has 1 aromatic heterocycles. The Kier molecular flexibility index (Phi) is 6.56. The minimum Gasteiger partial charge on any atom is -0.294 e. The number of benzene rings is 2. The number of hydrogen-bond acceptors (Lipinski definition) is 5. The normalized spacial score (nSPS) is 13.2. The lowest BCUT2D eigenvalue weighted by Gasteiger charge is -2.24. The van der Waals surface area contributed by atoms with Gasteiger partial charge in [-0.3, -0.25) is 4.90 Å². The summed E-state index contributed by atoms with van der Waals surface area (Å²) in [4.78, 5) is 7.38. The van der Waals surface area contributed by atoms with Gasteiger partial charge < -0.3 is 0 Å². The molecule has 1 unspecified atom stereocenters. The highest BCUT2D eigenvalue weighted by atomic mass is 32.2. The summed E-state index contributed by atoms with van der Waals surface area (Å²) in [6.07, 6.45) is 1.23. The van der Waals surface area contributed by atoms with E-state index in [9.17, 15) is 8.42 Å². The molecule has 0 amide bonds. The molecule has 2 aromatic carbocycles. The smallest absolute Gasteiger partial charge is 0.175 e. The summed E-state index contributed by atoms with van der Waals surface area (Å²) in [7, 11) is -1.11. The number of nitrogens with zero attached hydrogens (tertiary/aromatic N) is 2. The van der Waals surface area contributed by atoms with Crippen LogP contribution in [0.25, 0.3) is 10.6 Å². The number of hydrogen-bond donors (Lipinski definition) is 0. The van der Waals surface area contributed by atoms with E-state index in [1.165, 1.54) is 11.8 Å². The van der Waals surface area contributed by atoms with E-state index in [-0.39, 0.29) is 6.04 Å². The highest BCUT2D eigenvalue weighted by Gasteiger charge is 2.15. The molecule has 0 aliphatic heterocycles. The van der Waals surface area contributed by atoms with Gasteiger partial charge >= 0.3 is 0 Å². The van der Waals surface area contributed by atoms with E-state index in [4.69, 9.17) is 4.98 Å². The van der Waals surface area contributed by atoms with Gasteiger partial charge in [0.1, 0.15) is 5.01 Å². The summed E-state index contributed by atoms with van der Waals surface area (Å²) in [6, 6.07) is 15.9. The van der Waals surface area contributed by atoms with Gasteiger partial charge in [0.15, 0.2) is 9.84 Å². The molecule has 0 saturated heterocycles. The van der Waals surface area contributed by atoms with Gasteiger partial charge in [-0.25, -0.2) is 13.4 Å². The second kappa shape index (κ2) is 8.78. The first kappa shape index (κ1) is 21.7. The van der Waals surface area contributed by atoms with E-state index in [2.05, 4.69) is 62.4 Å². The van der Waals surface area contributed by atoms with Crippen LogP contribution >= 0.6 is 11.3 Å². The molecule has 4 nitrogen and oxygen atoms in total. The van der Waals surface area contributed by atoms with Crippen LogP contribution in [0.3, 0.4) is 0 Å². The van der Waals surface area contributed by atoms with Crippen molar-refractivity contribution < 1.29 is 8.42 Å². The largest absolute Gasteiger partial charge is 0.294 e. The van der Waals surface area contributed by atoms with Gasteiger partial charge in [0.2, 0.25) is 0 Å². The molecular weight excluding hydrogens is 400 g/mol. The van der Waals surface area contributed by atoms with Crippen LogP contribution < -0.4 is 0 Å². The Morgan fingerprint density at radius 2 is 1.55 bits per heavy atom. The topological polar surface area (TPSA) is 50.3 Å². The maximum absolute atomic E-state index is 11.6. The van der Waals surface area contributed by atoms with Crippen LogP contribution in [-0.2, 0) is 16.4 Å². The Morgan fingerprint density at radius 3 is 2.10 bits per heavy atom. The van der Waals surface area contributed by atoms with E-state index in [0.717, 1.165) is 28.4 Å². The lowest BCUT2D eigenvalue weighted by molar-refractivity contribution is 0.250. The van der Waals surface area contributed by atoms with Crippen molar-refractivity contribution in [3.63, 3.8) is 0 Å². The van der Waals surface area contributed by atoms with Crippen LogP contribution in [-0.4, -0.2) is 31.6 Å². The fourth-order valence-corrected chi connectivity index (χ4v) is 4.61. The standard InChI is InChI=1S/C23H28N2O2S2/c1-16(2)18-6-8-20(9-7-18)23-24-21(15-28-23)14-25(4)17(3)19-10-12-22(13-11-19)29(5,26)27/h6-13,15-17H,14H2,1-5H3. The molecule has 0 fully saturated rings. The second-order valence-corrected chi connectivity index (χ2v) is 10.7. The van der Waals surface area contributed by atoms with Gasteiger partial charge in [0.05, 0.1) is 10.6 Å². The first-order valence-corrected chi connectivity index (χ1v) is 12.5. The Labute approximate surface area is 178 Å². The van der Waals surface area contributed by atoms with Crippen LogP contribution in [0.5, 0.6) is 0 Å². The van der Waals surface area contributed by atoms with Crippen molar-refractivity contribution in [2.75, 3.05) is 13.3 Å². The Hall–Kier alpha value is -2.02. The average Bonchev–Trinajstić information content (AvgIpc) is 3.15. The number of thiazole rings is 1. The van der Waals surface area contributed by atoms with Gasteiger partial charge in [0, 0.05) is 29.8 Å². The van der Waals surface area contributed by atoms with Gasteiger partial charge in [-0.1, -0.05) is 50.2 Å². The zero-order valence-corrected chi connectivity index (χ0v) is 19.2. The predicted octanol–water partition coefficient (Wildman–Crippen LogP) is 5.53. The van der Waals surface area contributed by atoms with Gasteiger partial charge in [-0.2, -0.15) is 0 Å². The van der Waals surface area contributed by atoms with E-state index in [0.29, 0.717) is 10.8 Å². The molecule has 0 radical (unpaired) electrons. The summed E-state index contributed by atoms with van der Waals surface area (Å²) >= 11 is 1.67. The van der Waals surface area contributed by atoms with Crippen LogP contribution in [0.15, 0.2) is 58.8 Å². The Balaban J connectivity index is 1.68. The monoisotopic (exact) mass is 428 g/mol. The van der Waals surface area contributed by atoms with E-state index in [1.54, 1.807) is 23.5 Å². The fourth-order valence-electron chi connectivity index (χ4n) is 3.16. The third kappa shape index (κ3) is 5.32. The molecule has 1 heterocycles. The van der Waals surface area contributed by atoms with Crippen LogP contribution in [0.1, 0.15) is 49.6 Å². The molecule has 1 atom stereocenters. The third-order valence-corrected chi connectivity index (χ3v) is 7.31. The summed E-state index contributed by atoms with van der Waals surface area (Å²) < 4.78 is 23.3. The van der Waals surface area contributed by atoms with Crippen molar-refractivity contribution in [2.45, 2.75) is 44.2 Å². The first-order valence-electron chi connectivity index (χ1n) is 9.70. The fraction of sp³-hybridized carbons (Fsp3) is 0.348. The number of aromatic nitrogens is 1. The predicted molar refractivity (Wildman–Crippen MR) is 121 cm³/mol. The third-order valence-electron chi connectivity index (χ3n) is 5.24. The molecule has 0 N–H and O–H groups in total. The van der Waals surface area contributed by atoms with Crippen molar-refractivity contribution in [1.82, 2.24) is 9.88 Å².